The Hall–Kier alpha value is -1.88. The van der Waals surface area contributed by atoms with E-state index in [0.29, 0.717) is 5.75 Å². The van der Waals surface area contributed by atoms with Gasteiger partial charge in [-0.25, -0.2) is 4.79 Å². The van der Waals surface area contributed by atoms with Crippen LogP contribution in [0.5, 0.6) is 11.5 Å². The second kappa shape index (κ2) is 4.10. The van der Waals surface area contributed by atoms with E-state index in [0.717, 1.165) is 11.3 Å². The van der Waals surface area contributed by atoms with Crippen molar-refractivity contribution in [3.05, 3.63) is 40.8 Å². The molecule has 5 heteroatoms. The highest BCUT2D eigenvalue weighted by molar-refractivity contribution is 7.12. The van der Waals surface area contributed by atoms with E-state index in [4.69, 9.17) is 4.74 Å². The van der Waals surface area contributed by atoms with Crippen LogP contribution in [0.25, 0.3) is 0 Å². The second-order valence-electron chi connectivity index (χ2n) is 2.71. The lowest BCUT2D eigenvalue weighted by atomic mass is 10.4. The molecular weight excluding hydrogens is 214 g/mol. The van der Waals surface area contributed by atoms with Gasteiger partial charge in [0.25, 0.3) is 0 Å². The third-order valence-electron chi connectivity index (χ3n) is 1.67. The van der Waals surface area contributed by atoms with Crippen molar-refractivity contribution in [2.75, 3.05) is 0 Å². The van der Waals surface area contributed by atoms with Crippen molar-refractivity contribution in [3.63, 3.8) is 0 Å². The molecule has 15 heavy (non-hydrogen) atoms. The minimum absolute atomic E-state index is 0.0612. The summed E-state index contributed by atoms with van der Waals surface area (Å²) in [5.74, 6) is -0.278. The van der Waals surface area contributed by atoms with Crippen molar-refractivity contribution < 1.29 is 14.6 Å². The van der Waals surface area contributed by atoms with E-state index in [-0.39, 0.29) is 10.6 Å². The van der Waals surface area contributed by atoms with Crippen LogP contribution in [-0.2, 0) is 0 Å². The number of carbonyl (C=O) groups is 1. The predicted octanol–water partition coefficient (Wildman–Crippen LogP) is 2.07. The zero-order valence-corrected chi connectivity index (χ0v) is 8.40. The maximum atomic E-state index is 11.5. The summed E-state index contributed by atoms with van der Waals surface area (Å²) in [6, 6.07) is 4.73. The summed E-state index contributed by atoms with van der Waals surface area (Å²) in [4.78, 5) is 15.5. The number of aromatic nitrogens is 1. The lowest BCUT2D eigenvalue weighted by Crippen LogP contribution is -2.06. The molecule has 0 saturated carbocycles. The van der Waals surface area contributed by atoms with Gasteiger partial charge in [-0.05, 0) is 23.6 Å². The lowest BCUT2D eigenvalue weighted by molar-refractivity contribution is 0.0736. The number of carbonyl (C=O) groups excluding carboxylic acids is 1. The highest BCUT2D eigenvalue weighted by atomic mass is 32.1. The first-order chi connectivity index (χ1) is 7.27. The van der Waals surface area contributed by atoms with E-state index in [1.54, 1.807) is 23.7 Å². The molecule has 1 N–H and O–H groups in total. The molecular formula is C10H7NO3S. The minimum atomic E-state index is -0.574. The number of esters is 1. The maximum Gasteiger partial charge on any atom is 0.357 e. The summed E-state index contributed by atoms with van der Waals surface area (Å²) in [7, 11) is 0. The van der Waals surface area contributed by atoms with Gasteiger partial charge in [-0.3, -0.25) is 4.98 Å². The molecule has 0 amide bonds. The van der Waals surface area contributed by atoms with Crippen LogP contribution in [0.15, 0.2) is 36.0 Å². The predicted molar refractivity (Wildman–Crippen MR) is 55.2 cm³/mol. The van der Waals surface area contributed by atoms with Gasteiger partial charge in [0.1, 0.15) is 11.5 Å². The molecule has 0 bridgehead atoms. The van der Waals surface area contributed by atoms with Crippen LogP contribution in [0.2, 0.25) is 0 Å². The van der Waals surface area contributed by atoms with Crippen LogP contribution >= 0.6 is 11.3 Å². The van der Waals surface area contributed by atoms with E-state index in [1.807, 2.05) is 0 Å². The van der Waals surface area contributed by atoms with E-state index < -0.39 is 5.97 Å². The Morgan fingerprint density at radius 1 is 1.47 bits per heavy atom. The van der Waals surface area contributed by atoms with E-state index in [1.165, 1.54) is 12.3 Å². The molecule has 0 saturated heterocycles. The second-order valence-corrected chi connectivity index (χ2v) is 3.63. The fourth-order valence-electron chi connectivity index (χ4n) is 1.02. The maximum absolute atomic E-state index is 11.5. The number of nitrogens with zero attached hydrogens (tertiary/aromatic N) is 1. The summed E-state index contributed by atoms with van der Waals surface area (Å²) >= 11 is 1.13. The van der Waals surface area contributed by atoms with Gasteiger partial charge < -0.3 is 9.84 Å². The fourth-order valence-corrected chi connectivity index (χ4v) is 1.68. The Labute approximate surface area is 89.8 Å². The highest BCUT2D eigenvalue weighted by Crippen LogP contribution is 2.24. The van der Waals surface area contributed by atoms with Crippen LogP contribution in [-0.4, -0.2) is 16.1 Å². The molecule has 76 valence electrons. The normalized spacial score (nSPS) is 9.87. The number of pyridine rings is 1. The standard InChI is InChI=1S/C10H7NO3S/c12-8-3-5-15-9(8)10(13)14-7-2-1-4-11-6-7/h1-6,12H. The van der Waals surface area contributed by atoms with Gasteiger partial charge in [0.15, 0.2) is 4.88 Å². The monoisotopic (exact) mass is 221 g/mol. The largest absolute Gasteiger partial charge is 0.506 e. The van der Waals surface area contributed by atoms with Gasteiger partial charge in [0.2, 0.25) is 0 Å². The number of thiophene rings is 1. The average molecular weight is 221 g/mol. The van der Waals surface area contributed by atoms with Gasteiger partial charge >= 0.3 is 5.97 Å². The van der Waals surface area contributed by atoms with E-state index in [2.05, 4.69) is 4.98 Å². The minimum Gasteiger partial charge on any atom is -0.506 e. The van der Waals surface area contributed by atoms with E-state index in [9.17, 15) is 9.90 Å². The van der Waals surface area contributed by atoms with Crippen molar-refractivity contribution in [2.24, 2.45) is 0 Å². The summed E-state index contributed by atoms with van der Waals surface area (Å²) in [6.45, 7) is 0. The van der Waals surface area contributed by atoms with Gasteiger partial charge in [0, 0.05) is 6.20 Å². The molecule has 2 rings (SSSR count). The highest BCUT2D eigenvalue weighted by Gasteiger charge is 2.14. The summed E-state index contributed by atoms with van der Waals surface area (Å²) in [6.07, 6.45) is 3.02. The summed E-state index contributed by atoms with van der Waals surface area (Å²) in [5, 5.41) is 10.9. The third-order valence-corrected chi connectivity index (χ3v) is 2.56. The van der Waals surface area contributed by atoms with Crippen molar-refractivity contribution in [1.82, 2.24) is 4.98 Å². The first-order valence-electron chi connectivity index (χ1n) is 4.16. The number of hydrogen-bond acceptors (Lipinski definition) is 5. The van der Waals surface area contributed by atoms with Crippen LogP contribution in [0.4, 0.5) is 0 Å². The van der Waals surface area contributed by atoms with E-state index >= 15 is 0 Å². The topological polar surface area (TPSA) is 59.4 Å². The van der Waals surface area contributed by atoms with Crippen LogP contribution in [0, 0.1) is 0 Å². The molecule has 0 fully saturated rings. The Morgan fingerprint density at radius 3 is 2.93 bits per heavy atom. The quantitative estimate of drug-likeness (QED) is 0.788. The smallest absolute Gasteiger partial charge is 0.357 e. The Bertz CT molecular complexity index is 467. The van der Waals surface area contributed by atoms with Crippen LogP contribution < -0.4 is 4.74 Å². The molecule has 0 aliphatic rings. The molecule has 2 aromatic rings. The molecule has 0 aliphatic heterocycles. The van der Waals surface area contributed by atoms with Gasteiger partial charge in [-0.15, -0.1) is 11.3 Å². The van der Waals surface area contributed by atoms with Crippen molar-refractivity contribution in [1.29, 1.82) is 0 Å². The third kappa shape index (κ3) is 2.13. The molecule has 0 atom stereocenters. The number of hydrogen-bond donors (Lipinski definition) is 1. The number of rotatable bonds is 2. The molecule has 0 unspecified atom stereocenters. The average Bonchev–Trinajstić information content (AvgIpc) is 2.66. The molecule has 0 radical (unpaired) electrons. The first-order valence-corrected chi connectivity index (χ1v) is 5.04. The lowest BCUT2D eigenvalue weighted by Gasteiger charge is -2.01. The molecule has 0 aliphatic carbocycles. The molecule has 4 nitrogen and oxygen atoms in total. The first kappa shape index (κ1) is 9.67. The van der Waals surface area contributed by atoms with Crippen LogP contribution in [0.1, 0.15) is 9.67 Å². The number of aromatic hydroxyl groups is 1. The Kier molecular flexibility index (Phi) is 2.64. The van der Waals surface area contributed by atoms with Crippen molar-refractivity contribution in [2.45, 2.75) is 0 Å². The molecule has 2 aromatic heterocycles. The Morgan fingerprint density at radius 2 is 2.33 bits per heavy atom. The SMILES string of the molecule is O=C(Oc1cccnc1)c1sccc1O. The Balaban J connectivity index is 2.15. The molecule has 0 aromatic carbocycles. The zero-order valence-electron chi connectivity index (χ0n) is 7.58. The van der Waals surface area contributed by atoms with Crippen molar-refractivity contribution in [3.8, 4) is 11.5 Å². The molecule has 2 heterocycles. The summed E-state index contributed by atoms with van der Waals surface area (Å²) < 4.78 is 4.99. The molecule has 0 spiro atoms. The van der Waals surface area contributed by atoms with Crippen LogP contribution in [0.3, 0.4) is 0 Å². The van der Waals surface area contributed by atoms with Gasteiger partial charge in [-0.1, -0.05) is 0 Å². The zero-order chi connectivity index (χ0) is 10.7. The van der Waals surface area contributed by atoms with Crippen molar-refractivity contribution >= 4 is 17.3 Å². The summed E-state index contributed by atoms with van der Waals surface area (Å²) in [5.41, 5.74) is 0. The van der Waals surface area contributed by atoms with Gasteiger partial charge in [-0.2, -0.15) is 0 Å². The number of ether oxygens (including phenoxy) is 1. The van der Waals surface area contributed by atoms with Gasteiger partial charge in [0.05, 0.1) is 6.20 Å². The fraction of sp³-hybridized carbons (Fsp3) is 0.